The van der Waals surface area contributed by atoms with E-state index in [9.17, 15) is 0 Å². The Morgan fingerprint density at radius 1 is 0.271 bits per heavy atom. The molecule has 0 spiro atoms. The molecule has 0 atom stereocenters. The number of hydrogen-bond donors (Lipinski definition) is 0. The average molecular weight is 614 g/mol. The van der Waals surface area contributed by atoms with E-state index in [2.05, 4.69) is 119 Å². The summed E-state index contributed by atoms with van der Waals surface area (Å²) in [6.07, 6.45) is 7.00. The maximum Gasteiger partial charge on any atom is 0.164 e. The molecule has 5 heteroatoms. The van der Waals surface area contributed by atoms with Gasteiger partial charge in [0.2, 0.25) is 0 Å². The number of nitrogens with zero attached hydrogens (tertiary/aromatic N) is 5. The van der Waals surface area contributed by atoms with Gasteiger partial charge in [0.1, 0.15) is 0 Å². The molecule has 0 bridgehead atoms. The van der Waals surface area contributed by atoms with Crippen LogP contribution in [0.15, 0.2) is 164 Å². The largest absolute Gasteiger partial charge is 0.265 e. The molecule has 0 radical (unpaired) electrons. The predicted molar refractivity (Wildman–Crippen MR) is 195 cm³/mol. The molecule has 0 saturated heterocycles. The van der Waals surface area contributed by atoms with Crippen molar-refractivity contribution in [1.29, 1.82) is 0 Å². The summed E-state index contributed by atoms with van der Waals surface area (Å²) in [6, 6.07) is 48.9. The van der Waals surface area contributed by atoms with E-state index in [1.54, 1.807) is 24.8 Å². The second kappa shape index (κ2) is 11.6. The molecule has 0 fully saturated rings. The predicted octanol–water partition coefficient (Wildman–Crippen LogP) is 10.5. The minimum absolute atomic E-state index is 0.593. The highest BCUT2D eigenvalue weighted by molar-refractivity contribution is 6.25. The third-order valence-electron chi connectivity index (χ3n) is 8.95. The van der Waals surface area contributed by atoms with Crippen LogP contribution in [0.1, 0.15) is 0 Å². The Morgan fingerprint density at radius 2 is 0.688 bits per heavy atom. The van der Waals surface area contributed by atoms with Gasteiger partial charge in [-0.25, -0.2) is 15.0 Å². The number of fused-ring (bicyclic) bond motifs is 6. The molecule has 0 N–H and O–H groups in total. The zero-order chi connectivity index (χ0) is 31.9. The van der Waals surface area contributed by atoms with Crippen LogP contribution < -0.4 is 0 Å². The van der Waals surface area contributed by atoms with E-state index in [-0.39, 0.29) is 0 Å². The highest BCUT2D eigenvalue weighted by Gasteiger charge is 2.16. The second-order valence-corrected chi connectivity index (χ2v) is 11.8. The molecule has 224 valence electrons. The lowest BCUT2D eigenvalue weighted by Crippen LogP contribution is -2.01. The van der Waals surface area contributed by atoms with E-state index in [1.165, 1.54) is 37.9 Å². The molecular weight excluding hydrogens is 587 g/mol. The highest BCUT2D eigenvalue weighted by Crippen LogP contribution is 2.38. The summed E-state index contributed by atoms with van der Waals surface area (Å²) in [4.78, 5) is 23.1. The first kappa shape index (κ1) is 27.7. The molecular formula is C43H27N5. The summed E-state index contributed by atoms with van der Waals surface area (Å²) in [5, 5.41) is 7.65. The molecule has 5 nitrogen and oxygen atoms in total. The van der Waals surface area contributed by atoms with Crippen molar-refractivity contribution in [2.24, 2.45) is 0 Å². The molecule has 0 unspecified atom stereocenters. The maximum atomic E-state index is 4.96. The Kier molecular flexibility index (Phi) is 6.72. The van der Waals surface area contributed by atoms with Gasteiger partial charge in [0.15, 0.2) is 17.5 Å². The monoisotopic (exact) mass is 613 g/mol. The van der Waals surface area contributed by atoms with Crippen LogP contribution in [0.2, 0.25) is 0 Å². The SMILES string of the molecule is c1ccc(-c2nc(-c3ccncc3)nc(-c3ccncc3)n2)c(-c2ccc(-c3ccc4c5ccccc5c5ccccc5c4c3)cc2)c1. The van der Waals surface area contributed by atoms with Crippen molar-refractivity contribution in [3.05, 3.63) is 164 Å². The number of benzene rings is 6. The minimum Gasteiger partial charge on any atom is -0.265 e. The molecule has 0 amide bonds. The van der Waals surface area contributed by atoms with Crippen LogP contribution in [0.5, 0.6) is 0 Å². The van der Waals surface area contributed by atoms with Crippen LogP contribution in [0.25, 0.3) is 88.7 Å². The Labute approximate surface area is 277 Å². The lowest BCUT2D eigenvalue weighted by molar-refractivity contribution is 1.07. The van der Waals surface area contributed by atoms with Crippen molar-refractivity contribution < 1.29 is 0 Å². The number of hydrogen-bond acceptors (Lipinski definition) is 5. The van der Waals surface area contributed by atoms with Crippen molar-refractivity contribution in [3.63, 3.8) is 0 Å². The smallest absolute Gasteiger partial charge is 0.164 e. The molecule has 9 aromatic rings. The van der Waals surface area contributed by atoms with E-state index in [0.717, 1.165) is 33.4 Å². The Balaban J connectivity index is 1.14. The zero-order valence-electron chi connectivity index (χ0n) is 25.8. The van der Waals surface area contributed by atoms with E-state index >= 15 is 0 Å². The molecule has 0 aliphatic rings. The van der Waals surface area contributed by atoms with Gasteiger partial charge in [-0.3, -0.25) is 9.97 Å². The Bertz CT molecular complexity index is 2510. The van der Waals surface area contributed by atoms with Gasteiger partial charge in [0, 0.05) is 41.5 Å². The van der Waals surface area contributed by atoms with E-state index in [0.29, 0.717) is 17.5 Å². The lowest BCUT2D eigenvalue weighted by atomic mass is 9.91. The third-order valence-corrected chi connectivity index (χ3v) is 8.95. The Hall–Kier alpha value is -6.59. The van der Waals surface area contributed by atoms with Gasteiger partial charge in [-0.05, 0) is 84.9 Å². The van der Waals surface area contributed by atoms with Gasteiger partial charge in [0.25, 0.3) is 0 Å². The summed E-state index contributed by atoms with van der Waals surface area (Å²) in [6.45, 7) is 0. The van der Waals surface area contributed by atoms with Gasteiger partial charge < -0.3 is 0 Å². The van der Waals surface area contributed by atoms with Gasteiger partial charge >= 0.3 is 0 Å². The van der Waals surface area contributed by atoms with Crippen molar-refractivity contribution >= 4 is 32.3 Å². The molecule has 6 aromatic carbocycles. The first-order valence-corrected chi connectivity index (χ1v) is 15.9. The first-order valence-electron chi connectivity index (χ1n) is 15.9. The maximum absolute atomic E-state index is 4.96. The van der Waals surface area contributed by atoms with E-state index in [4.69, 9.17) is 15.0 Å². The summed E-state index contributed by atoms with van der Waals surface area (Å²) < 4.78 is 0. The van der Waals surface area contributed by atoms with Crippen molar-refractivity contribution in [2.45, 2.75) is 0 Å². The molecule has 0 saturated carbocycles. The highest BCUT2D eigenvalue weighted by atomic mass is 15.0. The fourth-order valence-corrected chi connectivity index (χ4v) is 6.62. The number of rotatable bonds is 5. The summed E-state index contributed by atoms with van der Waals surface area (Å²) in [7, 11) is 0. The van der Waals surface area contributed by atoms with Crippen LogP contribution in [0.4, 0.5) is 0 Å². The van der Waals surface area contributed by atoms with E-state index in [1.807, 2.05) is 30.3 Å². The summed E-state index contributed by atoms with van der Waals surface area (Å²) in [5.41, 5.74) is 7.17. The van der Waals surface area contributed by atoms with Crippen LogP contribution in [-0.4, -0.2) is 24.9 Å². The van der Waals surface area contributed by atoms with Crippen LogP contribution >= 0.6 is 0 Å². The fraction of sp³-hybridized carbons (Fsp3) is 0. The summed E-state index contributed by atoms with van der Waals surface area (Å²) >= 11 is 0. The standard InChI is InChI=1S/C43H27N5/c1-6-12-39(43-47-41(30-19-23-44-24-20-30)46-42(48-43)31-21-25-45-26-22-31)33(7-1)29-15-13-28(14-16-29)32-17-18-38-36-10-3-2-8-34(36)35-9-4-5-11-37(35)40(38)27-32/h1-27H. The topological polar surface area (TPSA) is 64.5 Å². The molecule has 3 aromatic heterocycles. The number of aromatic nitrogens is 5. The lowest BCUT2D eigenvalue weighted by Gasteiger charge is -2.13. The fourth-order valence-electron chi connectivity index (χ4n) is 6.62. The summed E-state index contributed by atoms with van der Waals surface area (Å²) in [5.74, 6) is 1.80. The van der Waals surface area contributed by atoms with Gasteiger partial charge in [-0.1, -0.05) is 109 Å². The molecule has 9 rings (SSSR count). The van der Waals surface area contributed by atoms with Crippen LogP contribution in [0.3, 0.4) is 0 Å². The number of pyridine rings is 2. The zero-order valence-corrected chi connectivity index (χ0v) is 25.8. The second-order valence-electron chi connectivity index (χ2n) is 11.8. The van der Waals surface area contributed by atoms with Crippen LogP contribution in [0, 0.1) is 0 Å². The van der Waals surface area contributed by atoms with Crippen molar-refractivity contribution in [2.75, 3.05) is 0 Å². The normalized spacial score (nSPS) is 11.3. The average Bonchev–Trinajstić information content (AvgIpc) is 3.18. The Morgan fingerprint density at radius 3 is 1.25 bits per heavy atom. The molecule has 3 heterocycles. The van der Waals surface area contributed by atoms with Gasteiger partial charge in [0.05, 0.1) is 0 Å². The molecule has 48 heavy (non-hydrogen) atoms. The van der Waals surface area contributed by atoms with Crippen LogP contribution in [-0.2, 0) is 0 Å². The first-order chi connectivity index (χ1) is 23.8. The van der Waals surface area contributed by atoms with Gasteiger partial charge in [-0.2, -0.15) is 0 Å². The molecule has 0 aliphatic heterocycles. The van der Waals surface area contributed by atoms with Crippen molar-refractivity contribution in [3.8, 4) is 56.4 Å². The third kappa shape index (κ3) is 4.86. The van der Waals surface area contributed by atoms with E-state index < -0.39 is 0 Å². The minimum atomic E-state index is 0.593. The van der Waals surface area contributed by atoms with Crippen molar-refractivity contribution in [1.82, 2.24) is 24.9 Å². The van der Waals surface area contributed by atoms with Gasteiger partial charge in [-0.15, -0.1) is 0 Å². The molecule has 0 aliphatic carbocycles. The quantitative estimate of drug-likeness (QED) is 0.181.